The highest BCUT2D eigenvalue weighted by Crippen LogP contribution is 2.38. The second-order valence-electron chi connectivity index (χ2n) is 8.46. The van der Waals surface area contributed by atoms with Crippen molar-refractivity contribution in [2.45, 2.75) is 19.3 Å². The van der Waals surface area contributed by atoms with Crippen LogP contribution in [0.3, 0.4) is 0 Å². The molecular weight excluding hydrogens is 488 g/mol. The molecule has 2 heterocycles. The van der Waals surface area contributed by atoms with Crippen LogP contribution in [0.15, 0.2) is 54.6 Å². The number of carbonyl (C=O) groups excluding carboxylic acids is 2. The van der Waals surface area contributed by atoms with Crippen molar-refractivity contribution in [1.29, 1.82) is 0 Å². The number of anilines is 1. The van der Waals surface area contributed by atoms with Gasteiger partial charge in [-0.3, -0.25) is 9.59 Å². The number of Topliss-reactive ketones (excluding diaryl/α,β-unsaturated/α-hetero) is 1. The van der Waals surface area contributed by atoms with Crippen molar-refractivity contribution in [3.05, 3.63) is 77.0 Å². The number of aromatic amines is 1. The number of piperazine rings is 1. The molecule has 1 N–H and O–H groups in total. The van der Waals surface area contributed by atoms with Gasteiger partial charge in [0.1, 0.15) is 0 Å². The maximum atomic E-state index is 13.2. The van der Waals surface area contributed by atoms with Crippen molar-refractivity contribution in [2.24, 2.45) is 0 Å². The third-order valence-electron chi connectivity index (χ3n) is 6.04. The number of nitrogens with one attached hydrogen (secondary N) is 1. The molecule has 0 spiro atoms. The lowest BCUT2D eigenvalue weighted by Crippen LogP contribution is -2.50. The standard InChI is InChI=1S/C25H21F6N3O2/c1-15-20(14-21(32-15)16-5-3-2-4-6-16)22(35)23(36)34-9-7-33(8-10-34)19-12-17(24(26,27)28)11-18(13-19)25(29,30)31/h2-6,11-14,32H,7-10H2,1H3. The van der Waals surface area contributed by atoms with Crippen LogP contribution in [0.5, 0.6) is 0 Å². The quantitative estimate of drug-likeness (QED) is 0.285. The maximum absolute atomic E-state index is 13.2. The van der Waals surface area contributed by atoms with Gasteiger partial charge in [0.15, 0.2) is 0 Å². The molecular formula is C25H21F6N3O2. The average molecular weight is 509 g/mol. The first-order valence-electron chi connectivity index (χ1n) is 11.0. The summed E-state index contributed by atoms with van der Waals surface area (Å²) in [4.78, 5) is 31.4. The zero-order valence-electron chi connectivity index (χ0n) is 19.0. The van der Waals surface area contributed by atoms with Gasteiger partial charge in [0.25, 0.3) is 11.7 Å². The highest BCUT2D eigenvalue weighted by molar-refractivity contribution is 6.43. The first-order valence-corrected chi connectivity index (χ1v) is 11.0. The lowest BCUT2D eigenvalue weighted by atomic mass is 10.1. The maximum Gasteiger partial charge on any atom is 0.416 e. The van der Waals surface area contributed by atoms with Gasteiger partial charge in [0.2, 0.25) is 0 Å². The van der Waals surface area contributed by atoms with E-state index in [9.17, 15) is 35.9 Å². The second-order valence-corrected chi connectivity index (χ2v) is 8.46. The highest BCUT2D eigenvalue weighted by Gasteiger charge is 2.38. The van der Waals surface area contributed by atoms with Gasteiger partial charge < -0.3 is 14.8 Å². The summed E-state index contributed by atoms with van der Waals surface area (Å²) in [5.74, 6) is -1.52. The van der Waals surface area contributed by atoms with Crippen molar-refractivity contribution in [3.8, 4) is 11.3 Å². The Labute approximate surface area is 202 Å². The molecule has 1 aliphatic rings. The van der Waals surface area contributed by atoms with Crippen LogP contribution in [0, 0.1) is 6.92 Å². The number of amides is 1. The second kappa shape index (κ2) is 9.36. The molecule has 1 amide bonds. The number of benzene rings is 2. The number of rotatable bonds is 4. The smallest absolute Gasteiger partial charge is 0.368 e. The lowest BCUT2D eigenvalue weighted by Gasteiger charge is -2.36. The van der Waals surface area contributed by atoms with Gasteiger partial charge in [0.05, 0.1) is 11.1 Å². The van der Waals surface area contributed by atoms with Gasteiger partial charge in [-0.25, -0.2) is 0 Å². The summed E-state index contributed by atoms with van der Waals surface area (Å²) in [7, 11) is 0. The summed E-state index contributed by atoms with van der Waals surface area (Å²) in [6.45, 7) is 1.54. The molecule has 1 fully saturated rings. The zero-order valence-corrected chi connectivity index (χ0v) is 19.0. The molecule has 0 bridgehead atoms. The summed E-state index contributed by atoms with van der Waals surface area (Å²) in [6, 6.07) is 12.2. The molecule has 190 valence electrons. The number of hydrogen-bond acceptors (Lipinski definition) is 3. The number of halogens is 6. The molecule has 5 nitrogen and oxygen atoms in total. The SMILES string of the molecule is Cc1[nH]c(-c2ccccc2)cc1C(=O)C(=O)N1CCN(c2cc(C(F)(F)F)cc(C(F)(F)F)c2)CC1. The average Bonchev–Trinajstić information content (AvgIpc) is 3.24. The van der Waals surface area contributed by atoms with E-state index in [0.29, 0.717) is 23.5 Å². The molecule has 1 saturated heterocycles. The monoisotopic (exact) mass is 509 g/mol. The van der Waals surface area contributed by atoms with Crippen LogP contribution in [-0.2, 0) is 17.1 Å². The topological polar surface area (TPSA) is 56.4 Å². The van der Waals surface area contributed by atoms with E-state index >= 15 is 0 Å². The van der Waals surface area contributed by atoms with E-state index in [4.69, 9.17) is 0 Å². The Balaban J connectivity index is 1.48. The van der Waals surface area contributed by atoms with E-state index in [0.717, 1.165) is 5.56 Å². The Morgan fingerprint density at radius 2 is 1.36 bits per heavy atom. The van der Waals surface area contributed by atoms with Crippen LogP contribution < -0.4 is 4.90 Å². The summed E-state index contributed by atoms with van der Waals surface area (Å²) in [6.07, 6.45) is -9.90. The molecule has 0 radical (unpaired) electrons. The Morgan fingerprint density at radius 3 is 1.89 bits per heavy atom. The van der Waals surface area contributed by atoms with Crippen LogP contribution in [0.1, 0.15) is 27.2 Å². The lowest BCUT2D eigenvalue weighted by molar-refractivity contribution is -0.143. The molecule has 1 aliphatic heterocycles. The number of aryl methyl sites for hydroxylation is 1. The summed E-state index contributed by atoms with van der Waals surface area (Å²) in [5, 5.41) is 0. The number of nitrogens with zero attached hydrogens (tertiary/aromatic N) is 2. The molecule has 4 rings (SSSR count). The van der Waals surface area contributed by atoms with E-state index in [-0.39, 0.29) is 43.5 Å². The van der Waals surface area contributed by atoms with Crippen LogP contribution in [0.25, 0.3) is 11.3 Å². The zero-order chi connectivity index (χ0) is 26.3. The molecule has 11 heteroatoms. The molecule has 2 aromatic carbocycles. The van der Waals surface area contributed by atoms with E-state index in [2.05, 4.69) is 4.98 Å². The van der Waals surface area contributed by atoms with Crippen LogP contribution in [-0.4, -0.2) is 47.8 Å². The number of aromatic nitrogens is 1. The summed E-state index contributed by atoms with van der Waals surface area (Å²) >= 11 is 0. The number of ketones is 1. The van der Waals surface area contributed by atoms with Gasteiger partial charge in [-0.1, -0.05) is 30.3 Å². The molecule has 0 saturated carbocycles. The Bertz CT molecular complexity index is 1240. The van der Waals surface area contributed by atoms with Gasteiger partial charge in [-0.2, -0.15) is 26.3 Å². The fraction of sp³-hybridized carbons (Fsp3) is 0.280. The molecule has 36 heavy (non-hydrogen) atoms. The normalized spacial score (nSPS) is 14.8. The van der Waals surface area contributed by atoms with Crippen molar-refractivity contribution >= 4 is 17.4 Å². The van der Waals surface area contributed by atoms with E-state index in [1.165, 1.54) is 9.80 Å². The summed E-state index contributed by atoms with van der Waals surface area (Å²) < 4.78 is 79.1. The van der Waals surface area contributed by atoms with E-state index < -0.39 is 35.2 Å². The first-order chi connectivity index (χ1) is 16.8. The molecule has 0 unspecified atom stereocenters. The number of carbonyl (C=O) groups is 2. The van der Waals surface area contributed by atoms with Crippen LogP contribution in [0.4, 0.5) is 32.0 Å². The summed E-state index contributed by atoms with van der Waals surface area (Å²) in [5.41, 5.74) is -0.844. The molecule has 0 atom stereocenters. The van der Waals surface area contributed by atoms with Gasteiger partial charge in [-0.05, 0) is 36.8 Å². The fourth-order valence-electron chi connectivity index (χ4n) is 4.11. The Hall–Kier alpha value is -3.76. The minimum Gasteiger partial charge on any atom is -0.368 e. The highest BCUT2D eigenvalue weighted by atomic mass is 19.4. The number of H-pyrrole nitrogens is 1. The first kappa shape index (κ1) is 25.3. The van der Waals surface area contributed by atoms with E-state index in [1.807, 2.05) is 30.3 Å². The third-order valence-corrected chi connectivity index (χ3v) is 6.04. The van der Waals surface area contributed by atoms with Gasteiger partial charge >= 0.3 is 12.4 Å². The van der Waals surface area contributed by atoms with E-state index in [1.54, 1.807) is 13.0 Å². The Morgan fingerprint density at radius 1 is 0.806 bits per heavy atom. The van der Waals surface area contributed by atoms with Crippen molar-refractivity contribution in [1.82, 2.24) is 9.88 Å². The molecule has 3 aromatic rings. The largest absolute Gasteiger partial charge is 0.416 e. The Kier molecular flexibility index (Phi) is 6.59. The third kappa shape index (κ3) is 5.24. The van der Waals surface area contributed by atoms with Crippen LogP contribution in [0.2, 0.25) is 0 Å². The van der Waals surface area contributed by atoms with Crippen molar-refractivity contribution in [3.63, 3.8) is 0 Å². The van der Waals surface area contributed by atoms with Crippen molar-refractivity contribution in [2.75, 3.05) is 31.1 Å². The van der Waals surface area contributed by atoms with Gasteiger partial charge in [0, 0.05) is 48.8 Å². The molecule has 0 aliphatic carbocycles. The number of alkyl halides is 6. The molecule has 1 aromatic heterocycles. The fourth-order valence-corrected chi connectivity index (χ4v) is 4.11. The number of hydrogen-bond donors (Lipinski definition) is 1. The van der Waals surface area contributed by atoms with Crippen LogP contribution >= 0.6 is 0 Å². The minimum absolute atomic E-state index is 0.0288. The minimum atomic E-state index is -4.95. The van der Waals surface area contributed by atoms with Crippen molar-refractivity contribution < 1.29 is 35.9 Å². The predicted molar refractivity (Wildman–Crippen MR) is 121 cm³/mol. The van der Waals surface area contributed by atoms with Gasteiger partial charge in [-0.15, -0.1) is 0 Å². The predicted octanol–water partition coefficient (Wildman–Crippen LogP) is 5.56.